The molecule has 0 saturated carbocycles. The van der Waals surface area contributed by atoms with Crippen molar-refractivity contribution in [2.24, 2.45) is 11.1 Å². The second-order valence-corrected chi connectivity index (χ2v) is 11.5. The van der Waals surface area contributed by atoms with Crippen molar-refractivity contribution in [3.05, 3.63) is 88.4 Å². The molecule has 0 fully saturated rings. The van der Waals surface area contributed by atoms with E-state index in [-0.39, 0.29) is 47.2 Å². The van der Waals surface area contributed by atoms with E-state index < -0.39 is 22.7 Å². The topological polar surface area (TPSA) is 145 Å². The number of nitrogens with one attached hydrogen (secondary N) is 1. The number of aromatic amines is 1. The number of nitrogens with zero attached hydrogens (tertiary/aromatic N) is 4. The number of ketones is 1. The lowest BCUT2D eigenvalue weighted by atomic mass is 9.60. The fourth-order valence-electron chi connectivity index (χ4n) is 6.61. The Labute approximate surface area is 243 Å². The van der Waals surface area contributed by atoms with E-state index in [2.05, 4.69) is 16.3 Å². The molecule has 0 radical (unpaired) electrons. The highest BCUT2D eigenvalue weighted by Crippen LogP contribution is 2.58. The Balaban J connectivity index is 1.70. The smallest absolute Gasteiger partial charge is 0.344 e. The molecule has 3 aromatic rings. The molecule has 3 heterocycles. The maximum atomic E-state index is 14.3. The van der Waals surface area contributed by atoms with E-state index in [1.165, 1.54) is 9.80 Å². The number of hydrogen-bond donors (Lipinski definition) is 2. The van der Waals surface area contributed by atoms with Crippen molar-refractivity contribution in [2.45, 2.75) is 39.0 Å². The Morgan fingerprint density at radius 2 is 1.81 bits per heavy atom. The van der Waals surface area contributed by atoms with Gasteiger partial charge in [0.1, 0.15) is 22.9 Å². The number of allylic oxidation sites excluding steroid dienone is 1. The van der Waals surface area contributed by atoms with Gasteiger partial charge in [-0.25, -0.2) is 4.79 Å². The molecule has 3 aliphatic rings. The summed E-state index contributed by atoms with van der Waals surface area (Å²) in [7, 11) is 1.63. The lowest BCUT2D eigenvalue weighted by molar-refractivity contribution is -0.124. The fourth-order valence-corrected chi connectivity index (χ4v) is 6.61. The van der Waals surface area contributed by atoms with Crippen LogP contribution in [0.4, 0.5) is 11.5 Å². The van der Waals surface area contributed by atoms with Crippen LogP contribution in [0.25, 0.3) is 11.3 Å². The molecule has 0 saturated heterocycles. The van der Waals surface area contributed by atoms with Gasteiger partial charge in [-0.3, -0.25) is 19.6 Å². The average molecular weight is 563 g/mol. The summed E-state index contributed by atoms with van der Waals surface area (Å²) in [5.41, 5.74) is 7.51. The van der Waals surface area contributed by atoms with E-state index in [9.17, 15) is 19.6 Å². The molecule has 1 aromatic heterocycles. The first-order valence-electron chi connectivity index (χ1n) is 13.7. The fraction of sp³-hybridized carbons (Fsp3) is 0.281. The van der Waals surface area contributed by atoms with Gasteiger partial charge in [0.05, 0.1) is 17.9 Å². The second kappa shape index (κ2) is 9.45. The number of likely N-dealkylation sites (N-methyl/N-ethyl adjacent to an activating group) is 1. The number of para-hydroxylation sites is 1. The monoisotopic (exact) mass is 562 g/mol. The summed E-state index contributed by atoms with van der Waals surface area (Å²) in [4.78, 5) is 45.0. The van der Waals surface area contributed by atoms with Gasteiger partial charge < -0.3 is 15.4 Å². The number of benzene rings is 2. The molecule has 10 heteroatoms. The molecule has 1 spiro atoms. The van der Waals surface area contributed by atoms with Gasteiger partial charge in [0.2, 0.25) is 5.91 Å². The summed E-state index contributed by atoms with van der Waals surface area (Å²) < 4.78 is 5.45. The van der Waals surface area contributed by atoms with Crippen molar-refractivity contribution in [1.82, 2.24) is 10.2 Å². The summed E-state index contributed by atoms with van der Waals surface area (Å²) >= 11 is 0. The molecule has 212 valence electrons. The normalized spacial score (nSPS) is 21.0. The Kier molecular flexibility index (Phi) is 6.08. The van der Waals surface area contributed by atoms with Gasteiger partial charge >= 0.3 is 5.97 Å². The number of nitrogens with two attached hydrogens (primary N) is 1. The quantitative estimate of drug-likeness (QED) is 0.447. The number of esters is 1. The van der Waals surface area contributed by atoms with Gasteiger partial charge in [0.15, 0.2) is 11.6 Å². The molecule has 2 aliphatic heterocycles. The number of carbonyl (C=O) groups is 3. The van der Waals surface area contributed by atoms with Crippen molar-refractivity contribution < 1.29 is 19.1 Å². The number of ether oxygens (including phenoxy) is 1. The number of amides is 1. The van der Waals surface area contributed by atoms with Crippen LogP contribution in [0.15, 0.2) is 77.3 Å². The lowest BCUT2D eigenvalue weighted by Gasteiger charge is -2.46. The van der Waals surface area contributed by atoms with Crippen molar-refractivity contribution in [3.63, 3.8) is 0 Å². The van der Waals surface area contributed by atoms with Crippen LogP contribution in [0.2, 0.25) is 0 Å². The van der Waals surface area contributed by atoms with Crippen LogP contribution in [0.5, 0.6) is 0 Å². The summed E-state index contributed by atoms with van der Waals surface area (Å²) in [6.07, 6.45) is 0.504. The number of anilines is 2. The Hall–Kier alpha value is -5.17. The van der Waals surface area contributed by atoms with E-state index in [1.54, 1.807) is 38.2 Å². The van der Waals surface area contributed by atoms with Crippen LogP contribution in [-0.4, -0.2) is 41.5 Å². The molecule has 6 rings (SSSR count). The number of fused-ring (bicyclic) bond motifs is 3. The molecular weight excluding hydrogens is 532 g/mol. The van der Waals surface area contributed by atoms with E-state index >= 15 is 0 Å². The zero-order valence-electron chi connectivity index (χ0n) is 23.8. The van der Waals surface area contributed by atoms with Crippen LogP contribution < -0.4 is 15.5 Å². The van der Waals surface area contributed by atoms with Crippen LogP contribution in [0, 0.1) is 16.7 Å². The zero-order chi connectivity index (χ0) is 30.0. The maximum Gasteiger partial charge on any atom is 0.344 e. The third-order valence-corrected chi connectivity index (χ3v) is 8.28. The number of hydrogen-bond acceptors (Lipinski definition) is 8. The molecule has 3 N–H and O–H groups in total. The van der Waals surface area contributed by atoms with Gasteiger partial charge in [0.25, 0.3) is 0 Å². The van der Waals surface area contributed by atoms with Gasteiger partial charge in [-0.2, -0.15) is 10.4 Å². The first-order valence-corrected chi connectivity index (χ1v) is 13.7. The number of H-pyrrole nitrogens is 1. The number of aromatic nitrogens is 2. The van der Waals surface area contributed by atoms with Crippen LogP contribution in [0.1, 0.15) is 49.5 Å². The van der Waals surface area contributed by atoms with Crippen molar-refractivity contribution in [1.29, 1.82) is 5.26 Å². The van der Waals surface area contributed by atoms with Gasteiger partial charge in [-0.15, -0.1) is 0 Å². The molecular formula is C32H30N6O4. The molecule has 10 nitrogen and oxygen atoms in total. The number of rotatable bonds is 4. The molecule has 1 amide bonds. The SMILES string of the molecule is CCOC(=O)c1c(N2C(N)=C(C#N)C3(C(=O)N(C)c4ccccc43)C3=C2CC(C)(C)CC3=O)n[nH]c1-c1ccccc1. The third-order valence-electron chi connectivity index (χ3n) is 8.28. The predicted octanol–water partition coefficient (Wildman–Crippen LogP) is 4.32. The Morgan fingerprint density at radius 3 is 2.50 bits per heavy atom. The van der Waals surface area contributed by atoms with E-state index in [0.29, 0.717) is 34.6 Å². The standard InChI is InChI=1S/C32H30N6O4/c1-5-42-29(40)24-26(18-11-7-6-8-12-18)35-36-28(24)38-22-15-31(2,3)16-23(39)25(22)32(20(17-33)27(38)34)19-13-9-10-14-21(19)37(4)30(32)41/h6-14H,5,15-16,34H2,1-4H3,(H,35,36). The lowest BCUT2D eigenvalue weighted by Crippen LogP contribution is -2.53. The van der Waals surface area contributed by atoms with E-state index in [4.69, 9.17) is 10.5 Å². The predicted molar refractivity (Wildman–Crippen MR) is 156 cm³/mol. The molecule has 1 aliphatic carbocycles. The number of Topliss-reactive ketones (excluding diaryl/α,β-unsaturated/α-hetero) is 1. The zero-order valence-corrected chi connectivity index (χ0v) is 23.8. The average Bonchev–Trinajstić information content (AvgIpc) is 3.48. The van der Waals surface area contributed by atoms with Gasteiger partial charge in [-0.05, 0) is 24.8 Å². The minimum atomic E-state index is -1.72. The minimum absolute atomic E-state index is 0.0723. The van der Waals surface area contributed by atoms with E-state index in [0.717, 1.165) is 0 Å². The third kappa shape index (κ3) is 3.56. The molecule has 0 bridgehead atoms. The maximum absolute atomic E-state index is 14.3. The summed E-state index contributed by atoms with van der Waals surface area (Å²) in [6, 6.07) is 18.5. The molecule has 2 aromatic carbocycles. The highest BCUT2D eigenvalue weighted by molar-refractivity contribution is 6.21. The first kappa shape index (κ1) is 27.0. The summed E-state index contributed by atoms with van der Waals surface area (Å²) in [5.74, 6) is -1.31. The number of carbonyl (C=O) groups excluding carboxylic acids is 3. The van der Waals surface area contributed by atoms with Crippen LogP contribution in [-0.2, 0) is 19.7 Å². The molecule has 1 unspecified atom stereocenters. The van der Waals surface area contributed by atoms with Gasteiger partial charge in [0, 0.05) is 41.6 Å². The van der Waals surface area contributed by atoms with Crippen LogP contribution in [0.3, 0.4) is 0 Å². The van der Waals surface area contributed by atoms with Gasteiger partial charge in [-0.1, -0.05) is 62.4 Å². The Bertz CT molecular complexity index is 1780. The van der Waals surface area contributed by atoms with Crippen molar-refractivity contribution in [3.8, 4) is 17.3 Å². The highest BCUT2D eigenvalue weighted by atomic mass is 16.5. The highest BCUT2D eigenvalue weighted by Gasteiger charge is 2.63. The minimum Gasteiger partial charge on any atom is -0.462 e. The molecule has 1 atom stereocenters. The number of nitriles is 1. The van der Waals surface area contributed by atoms with Crippen LogP contribution >= 0.6 is 0 Å². The van der Waals surface area contributed by atoms with Crippen molar-refractivity contribution in [2.75, 3.05) is 23.5 Å². The largest absolute Gasteiger partial charge is 0.462 e. The summed E-state index contributed by atoms with van der Waals surface area (Å²) in [6.45, 7) is 5.74. The summed E-state index contributed by atoms with van der Waals surface area (Å²) in [5, 5.41) is 18.2. The first-order chi connectivity index (χ1) is 20.1. The Morgan fingerprint density at radius 1 is 1.12 bits per heavy atom. The molecule has 42 heavy (non-hydrogen) atoms. The van der Waals surface area contributed by atoms with E-state index in [1.807, 2.05) is 44.2 Å². The second-order valence-electron chi connectivity index (χ2n) is 11.5. The van der Waals surface area contributed by atoms with Crippen molar-refractivity contribution >= 4 is 29.2 Å².